The molecule has 1 aromatic rings. The molecule has 0 spiro atoms. The van der Waals surface area contributed by atoms with Crippen molar-refractivity contribution in [2.24, 2.45) is 4.99 Å². The standard InChI is InChI=1S/C23H39N5O2/c1-5-30-16-8-13-24-23(25-17-22(29)27(3)4)26-21-11-14-28(15-12-21)18-20-10-7-6-9-19(20)2/h6-7,9-10,21H,5,8,11-18H2,1-4H3,(H2,24,25,26). The number of likely N-dealkylation sites (tertiary alicyclic amines) is 1. The van der Waals surface area contributed by atoms with Crippen LogP contribution in [-0.2, 0) is 16.1 Å². The second-order valence-corrected chi connectivity index (χ2v) is 8.05. The summed E-state index contributed by atoms with van der Waals surface area (Å²) in [6, 6.07) is 8.98. The number of carbonyl (C=O) groups excluding carboxylic acids is 1. The first-order chi connectivity index (χ1) is 14.5. The minimum absolute atomic E-state index is 0.00142. The summed E-state index contributed by atoms with van der Waals surface area (Å²) in [7, 11) is 3.51. The van der Waals surface area contributed by atoms with Gasteiger partial charge >= 0.3 is 0 Å². The maximum absolute atomic E-state index is 11.9. The molecule has 0 bridgehead atoms. The zero-order valence-corrected chi connectivity index (χ0v) is 19.1. The van der Waals surface area contributed by atoms with E-state index in [2.05, 4.69) is 51.7 Å². The number of hydrogen-bond acceptors (Lipinski definition) is 4. The number of rotatable bonds is 10. The van der Waals surface area contributed by atoms with E-state index in [9.17, 15) is 4.79 Å². The Morgan fingerprint density at radius 2 is 2.00 bits per heavy atom. The summed E-state index contributed by atoms with van der Waals surface area (Å²) >= 11 is 0. The quantitative estimate of drug-likeness (QED) is 0.346. The van der Waals surface area contributed by atoms with Crippen molar-refractivity contribution in [3.05, 3.63) is 35.4 Å². The largest absolute Gasteiger partial charge is 0.382 e. The lowest BCUT2D eigenvalue weighted by molar-refractivity contribution is -0.127. The molecule has 0 atom stereocenters. The van der Waals surface area contributed by atoms with Gasteiger partial charge in [-0.15, -0.1) is 0 Å². The lowest BCUT2D eigenvalue weighted by Gasteiger charge is -2.33. The number of guanidine groups is 1. The van der Waals surface area contributed by atoms with Gasteiger partial charge in [0, 0.05) is 59.5 Å². The van der Waals surface area contributed by atoms with Crippen LogP contribution >= 0.6 is 0 Å². The zero-order chi connectivity index (χ0) is 21.8. The molecule has 0 aromatic heterocycles. The molecule has 1 fully saturated rings. The number of nitrogens with one attached hydrogen (secondary N) is 2. The van der Waals surface area contributed by atoms with Crippen LogP contribution in [-0.4, -0.2) is 81.2 Å². The van der Waals surface area contributed by atoms with Crippen LogP contribution in [0.15, 0.2) is 29.3 Å². The number of carbonyl (C=O) groups is 1. The first-order valence-corrected chi connectivity index (χ1v) is 11.1. The highest BCUT2D eigenvalue weighted by Gasteiger charge is 2.20. The number of ether oxygens (including phenoxy) is 1. The monoisotopic (exact) mass is 417 g/mol. The third kappa shape index (κ3) is 8.71. The van der Waals surface area contributed by atoms with Crippen LogP contribution < -0.4 is 10.6 Å². The normalized spacial score (nSPS) is 15.8. The van der Waals surface area contributed by atoms with Gasteiger partial charge in [-0.1, -0.05) is 24.3 Å². The van der Waals surface area contributed by atoms with Gasteiger partial charge in [0.25, 0.3) is 0 Å². The number of piperidine rings is 1. The van der Waals surface area contributed by atoms with E-state index in [-0.39, 0.29) is 12.5 Å². The van der Waals surface area contributed by atoms with Gasteiger partial charge in [0.15, 0.2) is 5.96 Å². The average molecular weight is 418 g/mol. The van der Waals surface area contributed by atoms with E-state index in [1.54, 1.807) is 19.0 Å². The lowest BCUT2D eigenvalue weighted by Crippen LogP contribution is -2.49. The Bertz CT molecular complexity index is 669. The topological polar surface area (TPSA) is 69.2 Å². The van der Waals surface area contributed by atoms with Gasteiger partial charge in [0.1, 0.15) is 6.54 Å². The molecular weight excluding hydrogens is 378 g/mol. The summed E-state index contributed by atoms with van der Waals surface area (Å²) in [5.41, 5.74) is 2.76. The molecule has 0 unspecified atom stereocenters. The third-order valence-corrected chi connectivity index (χ3v) is 5.42. The van der Waals surface area contributed by atoms with Crippen LogP contribution in [0.4, 0.5) is 0 Å². The van der Waals surface area contributed by atoms with E-state index in [0.717, 1.165) is 64.6 Å². The number of benzene rings is 1. The molecule has 1 aromatic carbocycles. The van der Waals surface area contributed by atoms with Gasteiger partial charge in [0.2, 0.25) is 5.91 Å². The van der Waals surface area contributed by atoms with Gasteiger partial charge in [-0.2, -0.15) is 0 Å². The molecular formula is C23H39N5O2. The Hall–Kier alpha value is -2.12. The average Bonchev–Trinajstić information content (AvgIpc) is 2.74. The zero-order valence-electron chi connectivity index (χ0n) is 19.1. The highest BCUT2D eigenvalue weighted by molar-refractivity contribution is 5.84. The molecule has 2 rings (SSSR count). The molecule has 0 aliphatic carbocycles. The number of amides is 1. The van der Waals surface area contributed by atoms with E-state index >= 15 is 0 Å². The number of likely N-dealkylation sites (N-methyl/N-ethyl adjacent to an activating group) is 1. The summed E-state index contributed by atoms with van der Waals surface area (Å²) in [4.78, 5) is 20.5. The SMILES string of the molecule is CCOCCCNC(=NCC(=O)N(C)C)NC1CCN(Cc2ccccc2C)CC1. The molecule has 30 heavy (non-hydrogen) atoms. The van der Waals surface area contributed by atoms with E-state index < -0.39 is 0 Å². The smallest absolute Gasteiger partial charge is 0.243 e. The van der Waals surface area contributed by atoms with Crippen molar-refractivity contribution in [3.63, 3.8) is 0 Å². The fourth-order valence-corrected chi connectivity index (χ4v) is 3.42. The first-order valence-electron chi connectivity index (χ1n) is 11.1. The van der Waals surface area contributed by atoms with Gasteiger partial charge in [-0.3, -0.25) is 9.69 Å². The van der Waals surface area contributed by atoms with Crippen LogP contribution in [0.25, 0.3) is 0 Å². The van der Waals surface area contributed by atoms with E-state index in [1.165, 1.54) is 11.1 Å². The second kappa shape index (κ2) is 13.2. The molecule has 1 aliphatic rings. The summed E-state index contributed by atoms with van der Waals surface area (Å²) < 4.78 is 5.40. The van der Waals surface area contributed by atoms with Crippen molar-refractivity contribution >= 4 is 11.9 Å². The summed E-state index contributed by atoms with van der Waals surface area (Å²) in [6.45, 7) is 9.68. The molecule has 7 nitrogen and oxygen atoms in total. The Labute approximate surface area is 181 Å². The van der Waals surface area contributed by atoms with E-state index in [1.807, 2.05) is 6.92 Å². The van der Waals surface area contributed by atoms with Crippen molar-refractivity contribution in [1.29, 1.82) is 0 Å². The molecule has 0 radical (unpaired) electrons. The number of nitrogens with zero attached hydrogens (tertiary/aromatic N) is 3. The van der Waals surface area contributed by atoms with E-state index in [4.69, 9.17) is 4.74 Å². The Morgan fingerprint density at radius 1 is 1.27 bits per heavy atom. The molecule has 168 valence electrons. The summed E-state index contributed by atoms with van der Waals surface area (Å²) in [5.74, 6) is 0.720. The van der Waals surface area contributed by atoms with Crippen molar-refractivity contribution < 1.29 is 9.53 Å². The maximum Gasteiger partial charge on any atom is 0.243 e. The molecule has 1 saturated heterocycles. The van der Waals surface area contributed by atoms with Crippen LogP contribution in [0, 0.1) is 6.92 Å². The second-order valence-electron chi connectivity index (χ2n) is 8.05. The summed E-state index contributed by atoms with van der Waals surface area (Å²) in [5, 5.41) is 6.89. The first kappa shape index (κ1) is 24.2. The van der Waals surface area contributed by atoms with Gasteiger partial charge in [0.05, 0.1) is 0 Å². The highest BCUT2D eigenvalue weighted by Crippen LogP contribution is 2.16. The predicted octanol–water partition coefficient (Wildman–Crippen LogP) is 2.01. The van der Waals surface area contributed by atoms with Gasteiger partial charge in [-0.25, -0.2) is 4.99 Å². The van der Waals surface area contributed by atoms with Crippen LogP contribution in [0.2, 0.25) is 0 Å². The summed E-state index contributed by atoms with van der Waals surface area (Å²) in [6.07, 6.45) is 3.03. The van der Waals surface area contributed by atoms with Gasteiger partial charge < -0.3 is 20.3 Å². The number of hydrogen-bond donors (Lipinski definition) is 2. The number of aliphatic imine (C=N–C) groups is 1. The fraction of sp³-hybridized carbons (Fsp3) is 0.652. The lowest BCUT2D eigenvalue weighted by atomic mass is 10.0. The molecule has 2 N–H and O–H groups in total. The van der Waals surface area contributed by atoms with Gasteiger partial charge in [-0.05, 0) is 44.2 Å². The van der Waals surface area contributed by atoms with Crippen LogP contribution in [0.5, 0.6) is 0 Å². The minimum Gasteiger partial charge on any atom is -0.382 e. The minimum atomic E-state index is -0.00142. The Kier molecular flexibility index (Phi) is 10.7. The van der Waals surface area contributed by atoms with Crippen molar-refractivity contribution in [2.75, 3.05) is 53.5 Å². The van der Waals surface area contributed by atoms with Crippen LogP contribution in [0.3, 0.4) is 0 Å². The fourth-order valence-electron chi connectivity index (χ4n) is 3.42. The molecule has 1 heterocycles. The molecule has 1 aliphatic heterocycles. The maximum atomic E-state index is 11.9. The number of aryl methyl sites for hydroxylation is 1. The highest BCUT2D eigenvalue weighted by atomic mass is 16.5. The molecule has 7 heteroatoms. The Balaban J connectivity index is 1.83. The third-order valence-electron chi connectivity index (χ3n) is 5.42. The van der Waals surface area contributed by atoms with E-state index in [0.29, 0.717) is 6.04 Å². The van der Waals surface area contributed by atoms with Crippen molar-refractivity contribution in [2.45, 2.75) is 45.7 Å². The molecule has 1 amide bonds. The molecule has 0 saturated carbocycles. The van der Waals surface area contributed by atoms with Crippen molar-refractivity contribution in [3.8, 4) is 0 Å². The van der Waals surface area contributed by atoms with Crippen LogP contribution in [0.1, 0.15) is 37.3 Å². The Morgan fingerprint density at radius 3 is 2.67 bits per heavy atom. The van der Waals surface area contributed by atoms with Crippen molar-refractivity contribution in [1.82, 2.24) is 20.4 Å². The predicted molar refractivity (Wildman–Crippen MR) is 123 cm³/mol.